The monoisotopic (exact) mass is 344 g/mol. The van der Waals surface area contributed by atoms with Crippen molar-refractivity contribution in [2.45, 2.75) is 25.4 Å². The van der Waals surface area contributed by atoms with Crippen LogP contribution in [0.25, 0.3) is 0 Å². The molecule has 3 heterocycles. The predicted octanol–water partition coefficient (Wildman–Crippen LogP) is -0.0252. The third-order valence-corrected chi connectivity index (χ3v) is 4.94. The smallest absolute Gasteiger partial charge is 0.330 e. The molecule has 0 radical (unpaired) electrons. The van der Waals surface area contributed by atoms with Gasteiger partial charge in [0.25, 0.3) is 5.56 Å². The average Bonchev–Trinajstić information content (AvgIpc) is 2.65. The van der Waals surface area contributed by atoms with Crippen LogP contribution in [0.15, 0.2) is 34.0 Å². The summed E-state index contributed by atoms with van der Waals surface area (Å²) in [5.74, 6) is 0.890. The molecule has 2 aromatic rings. The summed E-state index contributed by atoms with van der Waals surface area (Å²) in [6, 6.07) is 5.74. The van der Waals surface area contributed by atoms with Crippen molar-refractivity contribution in [2.75, 3.05) is 25.0 Å². The zero-order chi connectivity index (χ0) is 18.0. The Morgan fingerprint density at radius 2 is 2.08 bits per heavy atom. The molecule has 0 spiro atoms. The van der Waals surface area contributed by atoms with Gasteiger partial charge in [0.05, 0.1) is 0 Å². The first-order valence-electron chi connectivity index (χ1n) is 8.46. The molecule has 0 aliphatic carbocycles. The van der Waals surface area contributed by atoms with Gasteiger partial charge in [-0.1, -0.05) is 0 Å². The van der Waals surface area contributed by atoms with E-state index in [9.17, 15) is 9.59 Å². The summed E-state index contributed by atoms with van der Waals surface area (Å²) < 4.78 is 2.67. The van der Waals surface area contributed by atoms with Crippen molar-refractivity contribution in [1.29, 1.82) is 0 Å². The molecule has 8 heteroatoms. The standard InChI is InChI=1S/C17H24N6O2/c1-20(11-14-10-16(24)22(3)17(25)21(14)2)13-6-5-9-23(12-13)15-7-4-8-18-19-15/h4,7-8,10,13H,5-6,9,11-12H2,1-3H3. The van der Waals surface area contributed by atoms with Gasteiger partial charge in [-0.05, 0) is 32.0 Å². The van der Waals surface area contributed by atoms with E-state index in [1.54, 1.807) is 23.9 Å². The lowest BCUT2D eigenvalue weighted by Crippen LogP contribution is -2.47. The lowest BCUT2D eigenvalue weighted by atomic mass is 10.0. The van der Waals surface area contributed by atoms with Crippen LogP contribution in [0, 0.1) is 0 Å². The van der Waals surface area contributed by atoms with Gasteiger partial charge in [0.2, 0.25) is 0 Å². The van der Waals surface area contributed by atoms with Crippen molar-refractivity contribution in [2.24, 2.45) is 14.1 Å². The van der Waals surface area contributed by atoms with E-state index in [4.69, 9.17) is 0 Å². The summed E-state index contributed by atoms with van der Waals surface area (Å²) in [5.41, 5.74) is 0.171. The Kier molecular flexibility index (Phi) is 4.98. The fraction of sp³-hybridized carbons (Fsp3) is 0.529. The van der Waals surface area contributed by atoms with Gasteiger partial charge in [0.15, 0.2) is 5.82 Å². The second-order valence-electron chi connectivity index (χ2n) is 6.61. The van der Waals surface area contributed by atoms with Crippen LogP contribution in [-0.4, -0.2) is 50.4 Å². The molecule has 0 aromatic carbocycles. The van der Waals surface area contributed by atoms with Crippen molar-refractivity contribution >= 4 is 5.82 Å². The van der Waals surface area contributed by atoms with Crippen LogP contribution >= 0.6 is 0 Å². The molecule has 0 N–H and O–H groups in total. The Labute approximate surface area is 146 Å². The van der Waals surface area contributed by atoms with E-state index in [0.717, 1.165) is 42.0 Å². The second-order valence-corrected chi connectivity index (χ2v) is 6.61. The molecule has 3 rings (SSSR count). The average molecular weight is 344 g/mol. The van der Waals surface area contributed by atoms with Crippen LogP contribution in [-0.2, 0) is 20.6 Å². The highest BCUT2D eigenvalue weighted by atomic mass is 16.2. The van der Waals surface area contributed by atoms with Gasteiger partial charge in [-0.15, -0.1) is 5.10 Å². The van der Waals surface area contributed by atoms with Crippen LogP contribution in [0.3, 0.4) is 0 Å². The number of aromatic nitrogens is 4. The Morgan fingerprint density at radius 3 is 2.80 bits per heavy atom. The van der Waals surface area contributed by atoms with E-state index in [1.165, 1.54) is 7.05 Å². The molecule has 0 bridgehead atoms. The van der Waals surface area contributed by atoms with Gasteiger partial charge in [0, 0.05) is 57.7 Å². The molecule has 0 saturated carbocycles. The van der Waals surface area contributed by atoms with Crippen LogP contribution in [0.4, 0.5) is 5.82 Å². The SMILES string of the molecule is CN(Cc1cc(=O)n(C)c(=O)n1C)C1CCCN(c2cccnn2)C1. The van der Waals surface area contributed by atoms with Gasteiger partial charge in [-0.25, -0.2) is 4.79 Å². The van der Waals surface area contributed by atoms with Crippen molar-refractivity contribution in [3.63, 3.8) is 0 Å². The highest BCUT2D eigenvalue weighted by Crippen LogP contribution is 2.20. The maximum absolute atomic E-state index is 12.1. The predicted molar refractivity (Wildman–Crippen MR) is 95.7 cm³/mol. The van der Waals surface area contributed by atoms with Gasteiger partial charge in [0.1, 0.15) is 0 Å². The Morgan fingerprint density at radius 1 is 1.28 bits per heavy atom. The quantitative estimate of drug-likeness (QED) is 0.776. The molecule has 25 heavy (non-hydrogen) atoms. The second kappa shape index (κ2) is 7.18. The Hall–Kier alpha value is -2.48. The lowest BCUT2D eigenvalue weighted by Gasteiger charge is -2.38. The minimum Gasteiger partial charge on any atom is -0.354 e. The molecule has 1 atom stereocenters. The molecule has 2 aromatic heterocycles. The normalized spacial score (nSPS) is 17.9. The first-order valence-corrected chi connectivity index (χ1v) is 8.46. The number of hydrogen-bond donors (Lipinski definition) is 0. The molecule has 134 valence electrons. The third-order valence-electron chi connectivity index (χ3n) is 4.94. The van der Waals surface area contributed by atoms with Gasteiger partial charge >= 0.3 is 5.69 Å². The summed E-state index contributed by atoms with van der Waals surface area (Å²) >= 11 is 0. The summed E-state index contributed by atoms with van der Waals surface area (Å²) in [7, 11) is 5.24. The van der Waals surface area contributed by atoms with Crippen LogP contribution in [0.2, 0.25) is 0 Å². The lowest BCUT2D eigenvalue weighted by molar-refractivity contribution is 0.202. The summed E-state index contributed by atoms with van der Waals surface area (Å²) in [6.45, 7) is 2.38. The van der Waals surface area contributed by atoms with E-state index in [1.807, 2.05) is 19.2 Å². The zero-order valence-electron chi connectivity index (χ0n) is 14.9. The number of nitrogens with zero attached hydrogens (tertiary/aromatic N) is 6. The van der Waals surface area contributed by atoms with Crippen molar-refractivity contribution in [1.82, 2.24) is 24.2 Å². The van der Waals surface area contributed by atoms with Crippen LogP contribution < -0.4 is 16.1 Å². The number of likely N-dealkylation sites (N-methyl/N-ethyl adjacent to an activating group) is 1. The van der Waals surface area contributed by atoms with Gasteiger partial charge in [-0.2, -0.15) is 5.10 Å². The molecule has 1 fully saturated rings. The third kappa shape index (κ3) is 3.63. The van der Waals surface area contributed by atoms with E-state index in [0.29, 0.717) is 12.6 Å². The summed E-state index contributed by atoms with van der Waals surface area (Å²) in [4.78, 5) is 28.4. The molecule has 1 saturated heterocycles. The number of rotatable bonds is 4. The molecule has 0 amide bonds. The summed E-state index contributed by atoms with van der Waals surface area (Å²) in [5, 5.41) is 8.15. The maximum atomic E-state index is 12.1. The van der Waals surface area contributed by atoms with Crippen molar-refractivity contribution in [3.05, 3.63) is 50.9 Å². The van der Waals surface area contributed by atoms with E-state index in [-0.39, 0.29) is 11.2 Å². The minimum absolute atomic E-state index is 0.267. The zero-order valence-corrected chi connectivity index (χ0v) is 14.9. The minimum atomic E-state index is -0.291. The fourth-order valence-corrected chi connectivity index (χ4v) is 3.30. The van der Waals surface area contributed by atoms with Gasteiger partial charge in [-0.3, -0.25) is 18.8 Å². The van der Waals surface area contributed by atoms with Crippen LogP contribution in [0.1, 0.15) is 18.5 Å². The first-order chi connectivity index (χ1) is 12.0. The number of hydrogen-bond acceptors (Lipinski definition) is 6. The first kappa shape index (κ1) is 17.3. The van der Waals surface area contributed by atoms with Gasteiger partial charge < -0.3 is 4.90 Å². The highest BCUT2D eigenvalue weighted by Gasteiger charge is 2.24. The van der Waals surface area contributed by atoms with Crippen molar-refractivity contribution in [3.8, 4) is 0 Å². The molecular weight excluding hydrogens is 320 g/mol. The molecule has 1 aliphatic heterocycles. The molecule has 8 nitrogen and oxygen atoms in total. The summed E-state index contributed by atoms with van der Waals surface area (Å²) in [6.07, 6.45) is 3.82. The molecular formula is C17H24N6O2. The largest absolute Gasteiger partial charge is 0.354 e. The molecule has 1 aliphatic rings. The van der Waals surface area contributed by atoms with E-state index in [2.05, 4.69) is 20.0 Å². The Balaban J connectivity index is 1.74. The van der Waals surface area contributed by atoms with E-state index >= 15 is 0 Å². The number of anilines is 1. The number of piperidine rings is 1. The fourth-order valence-electron chi connectivity index (χ4n) is 3.30. The van der Waals surface area contributed by atoms with Crippen molar-refractivity contribution < 1.29 is 0 Å². The topological polar surface area (TPSA) is 76.3 Å². The highest BCUT2D eigenvalue weighted by molar-refractivity contribution is 5.37. The maximum Gasteiger partial charge on any atom is 0.330 e. The Bertz CT molecular complexity index is 844. The molecule has 1 unspecified atom stereocenters. The van der Waals surface area contributed by atoms with Crippen LogP contribution in [0.5, 0.6) is 0 Å². The van der Waals surface area contributed by atoms with E-state index < -0.39 is 0 Å².